The summed E-state index contributed by atoms with van der Waals surface area (Å²) in [6, 6.07) is 0. The normalized spacial score (nSPS) is 37.9. The Balaban J connectivity index is 1.53. The highest BCUT2D eigenvalue weighted by Crippen LogP contribution is 2.59. The van der Waals surface area contributed by atoms with Crippen LogP contribution in [0, 0.1) is 23.2 Å². The standard InChI is InChI=1S/C14H24N2O/c1-10-7-11(10)9-16(2)13(17)12-8-14(12)3-5-15-6-4-14/h10-12,15H,3-9H2,1-2H3. The molecule has 3 atom stereocenters. The monoisotopic (exact) mass is 236 g/mol. The number of carbonyl (C=O) groups is 1. The van der Waals surface area contributed by atoms with Gasteiger partial charge in [0.05, 0.1) is 0 Å². The summed E-state index contributed by atoms with van der Waals surface area (Å²) in [5.41, 5.74) is 0.395. The Morgan fingerprint density at radius 3 is 2.65 bits per heavy atom. The lowest BCUT2D eigenvalue weighted by molar-refractivity contribution is -0.132. The summed E-state index contributed by atoms with van der Waals surface area (Å²) in [5, 5.41) is 3.39. The third-order valence-corrected chi connectivity index (χ3v) is 5.25. The zero-order chi connectivity index (χ0) is 12.0. The second-order valence-corrected chi connectivity index (χ2v) is 6.56. The number of nitrogens with zero attached hydrogens (tertiary/aromatic N) is 1. The second kappa shape index (κ2) is 3.98. The summed E-state index contributed by atoms with van der Waals surface area (Å²) in [7, 11) is 2.00. The van der Waals surface area contributed by atoms with Crippen molar-refractivity contribution in [2.75, 3.05) is 26.7 Å². The molecule has 3 heteroatoms. The van der Waals surface area contributed by atoms with E-state index >= 15 is 0 Å². The molecule has 1 spiro atoms. The number of hydrogen-bond acceptors (Lipinski definition) is 2. The Labute approximate surface area is 104 Å². The van der Waals surface area contributed by atoms with Crippen molar-refractivity contribution in [3.05, 3.63) is 0 Å². The number of hydrogen-bond donors (Lipinski definition) is 1. The summed E-state index contributed by atoms with van der Waals surface area (Å²) >= 11 is 0. The van der Waals surface area contributed by atoms with Gasteiger partial charge in [0.2, 0.25) is 5.91 Å². The van der Waals surface area contributed by atoms with Crippen LogP contribution in [0.3, 0.4) is 0 Å². The lowest BCUT2D eigenvalue weighted by atomic mass is 9.91. The Hall–Kier alpha value is -0.570. The van der Waals surface area contributed by atoms with E-state index in [4.69, 9.17) is 0 Å². The minimum atomic E-state index is 0.351. The molecule has 17 heavy (non-hydrogen) atoms. The number of nitrogens with one attached hydrogen (secondary N) is 1. The molecule has 3 aliphatic rings. The molecule has 1 aliphatic heterocycles. The molecule has 0 aromatic carbocycles. The molecule has 3 rings (SSSR count). The first-order chi connectivity index (χ1) is 8.12. The van der Waals surface area contributed by atoms with Crippen LogP contribution >= 0.6 is 0 Å². The molecule has 0 aromatic heterocycles. The Bertz CT molecular complexity index is 322. The second-order valence-electron chi connectivity index (χ2n) is 6.56. The van der Waals surface area contributed by atoms with E-state index in [0.717, 1.165) is 37.9 Å². The van der Waals surface area contributed by atoms with Crippen LogP contribution in [0.5, 0.6) is 0 Å². The van der Waals surface area contributed by atoms with E-state index in [1.165, 1.54) is 19.3 Å². The molecule has 2 aliphatic carbocycles. The molecule has 3 fully saturated rings. The van der Waals surface area contributed by atoms with Gasteiger partial charge < -0.3 is 10.2 Å². The molecule has 1 amide bonds. The van der Waals surface area contributed by atoms with Crippen molar-refractivity contribution in [1.82, 2.24) is 10.2 Å². The van der Waals surface area contributed by atoms with Crippen molar-refractivity contribution < 1.29 is 4.79 Å². The van der Waals surface area contributed by atoms with Crippen LogP contribution < -0.4 is 5.32 Å². The predicted molar refractivity (Wildman–Crippen MR) is 67.6 cm³/mol. The van der Waals surface area contributed by atoms with Crippen molar-refractivity contribution >= 4 is 5.91 Å². The van der Waals surface area contributed by atoms with E-state index in [1.54, 1.807) is 0 Å². The van der Waals surface area contributed by atoms with Crippen LogP contribution in [0.4, 0.5) is 0 Å². The summed E-state index contributed by atoms with van der Waals surface area (Å²) < 4.78 is 0. The van der Waals surface area contributed by atoms with Gasteiger partial charge >= 0.3 is 0 Å². The number of amides is 1. The third-order valence-electron chi connectivity index (χ3n) is 5.25. The topological polar surface area (TPSA) is 32.3 Å². The number of piperidine rings is 1. The molecule has 3 unspecified atom stereocenters. The molecule has 96 valence electrons. The largest absolute Gasteiger partial charge is 0.345 e. The molecular formula is C14H24N2O. The molecule has 1 N–H and O–H groups in total. The predicted octanol–water partition coefficient (Wildman–Crippen LogP) is 1.49. The number of carbonyl (C=O) groups excluding carboxylic acids is 1. The average Bonchev–Trinajstić information content (AvgIpc) is 3.19. The quantitative estimate of drug-likeness (QED) is 0.805. The smallest absolute Gasteiger partial charge is 0.226 e. The van der Waals surface area contributed by atoms with E-state index in [1.807, 2.05) is 11.9 Å². The van der Waals surface area contributed by atoms with E-state index in [2.05, 4.69) is 12.2 Å². The highest BCUT2D eigenvalue weighted by Gasteiger charge is 2.58. The first kappa shape index (κ1) is 11.5. The SMILES string of the molecule is CC1CC1CN(C)C(=O)C1CC12CCNCC2. The fraction of sp³-hybridized carbons (Fsp3) is 0.929. The van der Waals surface area contributed by atoms with E-state index in [-0.39, 0.29) is 0 Å². The van der Waals surface area contributed by atoms with Crippen molar-refractivity contribution in [3.8, 4) is 0 Å². The summed E-state index contributed by atoms with van der Waals surface area (Å²) in [6.07, 6.45) is 4.88. The highest BCUT2D eigenvalue weighted by molar-refractivity contribution is 5.82. The van der Waals surface area contributed by atoms with Gasteiger partial charge in [-0.3, -0.25) is 4.79 Å². The van der Waals surface area contributed by atoms with Gasteiger partial charge in [0, 0.05) is 19.5 Å². The van der Waals surface area contributed by atoms with Crippen molar-refractivity contribution in [2.24, 2.45) is 23.2 Å². The highest BCUT2D eigenvalue weighted by atomic mass is 16.2. The van der Waals surface area contributed by atoms with E-state index in [9.17, 15) is 4.79 Å². The lowest BCUT2D eigenvalue weighted by Gasteiger charge is -2.25. The summed E-state index contributed by atoms with van der Waals surface area (Å²) in [6.45, 7) is 5.49. The molecular weight excluding hydrogens is 212 g/mol. The van der Waals surface area contributed by atoms with Gasteiger partial charge in [0.15, 0.2) is 0 Å². The lowest BCUT2D eigenvalue weighted by Crippen LogP contribution is -2.35. The first-order valence-electron chi connectivity index (χ1n) is 7.08. The maximum atomic E-state index is 12.4. The molecule has 3 nitrogen and oxygen atoms in total. The summed E-state index contributed by atoms with van der Waals surface area (Å²) in [4.78, 5) is 14.4. The van der Waals surface area contributed by atoms with Gasteiger partial charge in [-0.2, -0.15) is 0 Å². The zero-order valence-corrected chi connectivity index (χ0v) is 11.0. The average molecular weight is 236 g/mol. The summed E-state index contributed by atoms with van der Waals surface area (Å²) in [5.74, 6) is 2.40. The Kier molecular flexibility index (Phi) is 2.69. The molecule has 2 saturated carbocycles. The maximum Gasteiger partial charge on any atom is 0.226 e. The van der Waals surface area contributed by atoms with Crippen LogP contribution in [0.1, 0.15) is 32.6 Å². The third kappa shape index (κ3) is 2.10. The van der Waals surface area contributed by atoms with Crippen LogP contribution in [-0.4, -0.2) is 37.5 Å². The van der Waals surface area contributed by atoms with Gasteiger partial charge in [-0.25, -0.2) is 0 Å². The molecule has 0 bridgehead atoms. The van der Waals surface area contributed by atoms with Crippen LogP contribution in [0.2, 0.25) is 0 Å². The molecule has 1 saturated heterocycles. The zero-order valence-electron chi connectivity index (χ0n) is 11.0. The molecule has 1 heterocycles. The molecule has 0 radical (unpaired) electrons. The van der Waals surface area contributed by atoms with Crippen molar-refractivity contribution in [2.45, 2.75) is 32.6 Å². The Morgan fingerprint density at radius 2 is 2.06 bits per heavy atom. The fourth-order valence-corrected chi connectivity index (χ4v) is 3.54. The molecule has 0 aromatic rings. The fourth-order valence-electron chi connectivity index (χ4n) is 3.54. The first-order valence-corrected chi connectivity index (χ1v) is 7.08. The van der Waals surface area contributed by atoms with Gasteiger partial charge in [-0.15, -0.1) is 0 Å². The Morgan fingerprint density at radius 1 is 1.41 bits per heavy atom. The van der Waals surface area contributed by atoms with Gasteiger partial charge in [-0.05, 0) is 56.0 Å². The van der Waals surface area contributed by atoms with Crippen molar-refractivity contribution in [3.63, 3.8) is 0 Å². The van der Waals surface area contributed by atoms with Crippen molar-refractivity contribution in [1.29, 1.82) is 0 Å². The van der Waals surface area contributed by atoms with Crippen LogP contribution in [0.15, 0.2) is 0 Å². The minimum absolute atomic E-state index is 0.351. The number of rotatable bonds is 3. The van der Waals surface area contributed by atoms with Crippen LogP contribution in [-0.2, 0) is 4.79 Å². The van der Waals surface area contributed by atoms with E-state index in [0.29, 0.717) is 17.2 Å². The van der Waals surface area contributed by atoms with E-state index < -0.39 is 0 Å². The van der Waals surface area contributed by atoms with Gasteiger partial charge in [0.1, 0.15) is 0 Å². The maximum absolute atomic E-state index is 12.4. The van der Waals surface area contributed by atoms with Gasteiger partial charge in [0.25, 0.3) is 0 Å². The van der Waals surface area contributed by atoms with Crippen LogP contribution in [0.25, 0.3) is 0 Å². The minimum Gasteiger partial charge on any atom is -0.345 e. The van der Waals surface area contributed by atoms with Gasteiger partial charge in [-0.1, -0.05) is 6.92 Å².